The lowest BCUT2D eigenvalue weighted by atomic mass is 10.2. The van der Waals surface area contributed by atoms with E-state index in [0.29, 0.717) is 11.6 Å². The van der Waals surface area contributed by atoms with E-state index in [-0.39, 0.29) is 5.91 Å². The molecule has 0 spiro atoms. The molecule has 1 aliphatic heterocycles. The lowest BCUT2D eigenvalue weighted by Crippen LogP contribution is -2.48. The molecule has 1 fully saturated rings. The van der Waals surface area contributed by atoms with Gasteiger partial charge < -0.3 is 10.2 Å². The number of aryl methyl sites for hydroxylation is 1. The summed E-state index contributed by atoms with van der Waals surface area (Å²) in [6.45, 7) is 5.79. The highest BCUT2D eigenvalue weighted by molar-refractivity contribution is 6.30. The minimum absolute atomic E-state index is 0.0300. The van der Waals surface area contributed by atoms with E-state index in [2.05, 4.69) is 20.1 Å². The molecule has 2 aromatic rings. The summed E-state index contributed by atoms with van der Waals surface area (Å²) in [5.41, 5.74) is 1.95. The molecule has 3 rings (SSSR count). The van der Waals surface area contributed by atoms with Crippen LogP contribution in [0, 0.1) is 6.92 Å². The summed E-state index contributed by atoms with van der Waals surface area (Å²) in [5, 5.41) is 3.63. The summed E-state index contributed by atoms with van der Waals surface area (Å²) in [6.07, 6.45) is 1.67. The molecule has 0 bridgehead atoms. The molecule has 1 saturated heterocycles. The van der Waals surface area contributed by atoms with Crippen molar-refractivity contribution < 1.29 is 4.79 Å². The van der Waals surface area contributed by atoms with Crippen molar-refractivity contribution in [3.63, 3.8) is 0 Å². The third-order valence-corrected chi connectivity index (χ3v) is 4.42. The maximum absolute atomic E-state index is 12.2. The molecular formula is C18H21ClN4O. The minimum Gasteiger partial charge on any atom is -0.354 e. The summed E-state index contributed by atoms with van der Waals surface area (Å²) < 4.78 is 0. The van der Waals surface area contributed by atoms with Gasteiger partial charge in [0.25, 0.3) is 0 Å². The summed E-state index contributed by atoms with van der Waals surface area (Å²) in [4.78, 5) is 21.0. The zero-order chi connectivity index (χ0) is 16.9. The number of carbonyl (C=O) groups is 1. The summed E-state index contributed by atoms with van der Waals surface area (Å²) >= 11 is 5.87. The van der Waals surface area contributed by atoms with E-state index in [4.69, 9.17) is 11.6 Å². The smallest absolute Gasteiger partial charge is 0.238 e. The molecule has 1 aromatic heterocycles. The van der Waals surface area contributed by atoms with Gasteiger partial charge in [-0.05, 0) is 30.7 Å². The number of pyridine rings is 1. The number of anilines is 2. The number of benzene rings is 1. The second-order valence-electron chi connectivity index (χ2n) is 5.96. The maximum Gasteiger partial charge on any atom is 0.238 e. The van der Waals surface area contributed by atoms with Gasteiger partial charge in [-0.1, -0.05) is 29.8 Å². The fourth-order valence-corrected chi connectivity index (χ4v) is 2.91. The number of nitrogens with one attached hydrogen (secondary N) is 1. The van der Waals surface area contributed by atoms with Crippen LogP contribution >= 0.6 is 11.6 Å². The Balaban J connectivity index is 1.49. The van der Waals surface area contributed by atoms with Gasteiger partial charge in [-0.2, -0.15) is 0 Å². The Morgan fingerprint density at radius 3 is 2.58 bits per heavy atom. The molecule has 0 aliphatic carbocycles. The van der Waals surface area contributed by atoms with Gasteiger partial charge >= 0.3 is 0 Å². The third kappa shape index (κ3) is 4.24. The van der Waals surface area contributed by atoms with Crippen LogP contribution in [0.4, 0.5) is 11.5 Å². The van der Waals surface area contributed by atoms with Crippen molar-refractivity contribution in [1.82, 2.24) is 9.88 Å². The molecule has 6 heteroatoms. The van der Waals surface area contributed by atoms with Crippen LogP contribution in [0.5, 0.6) is 0 Å². The van der Waals surface area contributed by atoms with Gasteiger partial charge in [-0.15, -0.1) is 0 Å². The number of piperazine rings is 1. The van der Waals surface area contributed by atoms with Crippen molar-refractivity contribution in [3.8, 4) is 0 Å². The normalized spacial score (nSPS) is 15.3. The average Bonchev–Trinajstić information content (AvgIpc) is 2.58. The van der Waals surface area contributed by atoms with Crippen molar-refractivity contribution in [2.75, 3.05) is 42.9 Å². The van der Waals surface area contributed by atoms with Crippen molar-refractivity contribution in [2.24, 2.45) is 0 Å². The van der Waals surface area contributed by atoms with E-state index in [1.807, 2.05) is 43.3 Å². The zero-order valence-electron chi connectivity index (χ0n) is 13.7. The molecule has 5 nitrogen and oxygen atoms in total. The van der Waals surface area contributed by atoms with E-state index in [1.165, 1.54) is 0 Å². The Labute approximate surface area is 147 Å². The van der Waals surface area contributed by atoms with Crippen LogP contribution in [-0.2, 0) is 4.79 Å². The van der Waals surface area contributed by atoms with Crippen molar-refractivity contribution in [3.05, 3.63) is 53.2 Å². The number of carbonyl (C=O) groups excluding carboxylic acids is 1. The number of aromatic nitrogens is 1. The molecule has 2 heterocycles. The number of amides is 1. The average molecular weight is 345 g/mol. The first kappa shape index (κ1) is 16.7. The fourth-order valence-electron chi connectivity index (χ4n) is 2.80. The highest BCUT2D eigenvalue weighted by Gasteiger charge is 2.20. The van der Waals surface area contributed by atoms with Crippen LogP contribution < -0.4 is 10.2 Å². The first-order valence-electron chi connectivity index (χ1n) is 8.06. The van der Waals surface area contributed by atoms with Gasteiger partial charge in [0.05, 0.1) is 11.6 Å². The van der Waals surface area contributed by atoms with Gasteiger partial charge in [0.2, 0.25) is 5.91 Å². The summed E-state index contributed by atoms with van der Waals surface area (Å²) in [7, 11) is 0. The second kappa shape index (κ2) is 7.64. The standard InChI is InChI=1S/C18H21ClN4O/c1-14-4-2-3-5-16(14)21-18(24)13-22-8-10-23(11-9-22)17-7-6-15(19)12-20-17/h2-7,12H,8-11,13H2,1H3,(H,21,24). The van der Waals surface area contributed by atoms with Crippen LogP contribution in [0.2, 0.25) is 5.02 Å². The minimum atomic E-state index is 0.0300. The Hall–Kier alpha value is -2.11. The Kier molecular flexibility index (Phi) is 5.33. The number of nitrogens with zero attached hydrogens (tertiary/aromatic N) is 3. The van der Waals surface area contributed by atoms with E-state index in [9.17, 15) is 4.79 Å². The van der Waals surface area contributed by atoms with E-state index in [1.54, 1.807) is 6.20 Å². The highest BCUT2D eigenvalue weighted by atomic mass is 35.5. The Morgan fingerprint density at radius 1 is 1.17 bits per heavy atom. The maximum atomic E-state index is 12.2. The van der Waals surface area contributed by atoms with Crippen LogP contribution in [0.25, 0.3) is 0 Å². The second-order valence-corrected chi connectivity index (χ2v) is 6.40. The van der Waals surface area contributed by atoms with E-state index >= 15 is 0 Å². The third-order valence-electron chi connectivity index (χ3n) is 4.19. The van der Waals surface area contributed by atoms with Gasteiger partial charge in [0, 0.05) is 38.1 Å². The van der Waals surface area contributed by atoms with Crippen molar-refractivity contribution >= 4 is 29.0 Å². The number of hydrogen-bond acceptors (Lipinski definition) is 4. The van der Waals surface area contributed by atoms with Gasteiger partial charge in [-0.3, -0.25) is 9.69 Å². The molecule has 24 heavy (non-hydrogen) atoms. The first-order chi connectivity index (χ1) is 11.6. The van der Waals surface area contributed by atoms with Gasteiger partial charge in [-0.25, -0.2) is 4.98 Å². The summed E-state index contributed by atoms with van der Waals surface area (Å²) in [5.74, 6) is 0.964. The topological polar surface area (TPSA) is 48.5 Å². The van der Waals surface area contributed by atoms with Crippen molar-refractivity contribution in [2.45, 2.75) is 6.92 Å². The molecule has 1 aromatic carbocycles. The quantitative estimate of drug-likeness (QED) is 0.926. The van der Waals surface area contributed by atoms with Gasteiger partial charge in [0.1, 0.15) is 5.82 Å². The van der Waals surface area contributed by atoms with E-state index in [0.717, 1.165) is 43.2 Å². The predicted octanol–water partition coefficient (Wildman–Crippen LogP) is 2.80. The zero-order valence-corrected chi connectivity index (χ0v) is 14.5. The number of rotatable bonds is 4. The van der Waals surface area contributed by atoms with Crippen LogP contribution in [0.3, 0.4) is 0 Å². The molecule has 0 unspecified atom stereocenters. The lowest BCUT2D eigenvalue weighted by molar-refractivity contribution is -0.117. The molecular weight excluding hydrogens is 324 g/mol. The fraction of sp³-hybridized carbons (Fsp3) is 0.333. The number of para-hydroxylation sites is 1. The number of halogens is 1. The summed E-state index contributed by atoms with van der Waals surface area (Å²) in [6, 6.07) is 11.6. The monoisotopic (exact) mass is 344 g/mol. The van der Waals surface area contributed by atoms with Crippen LogP contribution in [-0.4, -0.2) is 48.5 Å². The van der Waals surface area contributed by atoms with Crippen molar-refractivity contribution in [1.29, 1.82) is 0 Å². The van der Waals surface area contributed by atoms with Crippen LogP contribution in [0.1, 0.15) is 5.56 Å². The molecule has 0 saturated carbocycles. The number of hydrogen-bond donors (Lipinski definition) is 1. The molecule has 0 radical (unpaired) electrons. The molecule has 1 N–H and O–H groups in total. The molecule has 1 amide bonds. The van der Waals surface area contributed by atoms with Gasteiger partial charge in [0.15, 0.2) is 0 Å². The van der Waals surface area contributed by atoms with E-state index < -0.39 is 0 Å². The Bertz CT molecular complexity index is 696. The highest BCUT2D eigenvalue weighted by Crippen LogP contribution is 2.16. The molecule has 1 aliphatic rings. The molecule has 126 valence electrons. The molecule has 0 atom stereocenters. The largest absolute Gasteiger partial charge is 0.354 e. The first-order valence-corrected chi connectivity index (χ1v) is 8.44. The SMILES string of the molecule is Cc1ccccc1NC(=O)CN1CCN(c2ccc(Cl)cn2)CC1. The Morgan fingerprint density at radius 2 is 1.92 bits per heavy atom. The lowest BCUT2D eigenvalue weighted by Gasteiger charge is -2.35. The predicted molar refractivity (Wildman–Crippen MR) is 97.7 cm³/mol. The van der Waals surface area contributed by atoms with Crippen LogP contribution in [0.15, 0.2) is 42.6 Å².